The van der Waals surface area contributed by atoms with Crippen molar-refractivity contribution in [3.63, 3.8) is 0 Å². The molecule has 0 atom stereocenters. The maximum absolute atomic E-state index is 3.69. The first kappa shape index (κ1) is 14.1. The number of nitrogens with one attached hydrogen (secondary N) is 1. The number of piperidine rings is 1. The van der Waals surface area contributed by atoms with E-state index in [2.05, 4.69) is 53.8 Å². The highest BCUT2D eigenvalue weighted by atomic mass is 32.1. The molecule has 1 saturated heterocycles. The molecule has 2 nitrogen and oxygen atoms in total. The fraction of sp³-hybridized carbons (Fsp3) is 0.529. The number of thiophene rings is 1. The van der Waals surface area contributed by atoms with Crippen molar-refractivity contribution in [1.82, 2.24) is 10.2 Å². The van der Waals surface area contributed by atoms with E-state index < -0.39 is 0 Å². The van der Waals surface area contributed by atoms with E-state index in [0.717, 1.165) is 13.1 Å². The average molecular weight is 288 g/mol. The molecule has 0 spiro atoms. The Morgan fingerprint density at radius 3 is 2.80 bits per heavy atom. The lowest BCUT2D eigenvalue weighted by Gasteiger charge is -2.38. The molecule has 3 heteroatoms. The van der Waals surface area contributed by atoms with E-state index in [-0.39, 0.29) is 0 Å². The van der Waals surface area contributed by atoms with Gasteiger partial charge in [-0.15, -0.1) is 11.3 Å². The van der Waals surface area contributed by atoms with Gasteiger partial charge in [0.25, 0.3) is 0 Å². The van der Waals surface area contributed by atoms with E-state index in [1.165, 1.54) is 41.6 Å². The van der Waals surface area contributed by atoms with Crippen LogP contribution in [0.3, 0.4) is 0 Å². The molecule has 20 heavy (non-hydrogen) atoms. The van der Waals surface area contributed by atoms with Crippen LogP contribution in [0, 0.1) is 5.41 Å². The topological polar surface area (TPSA) is 15.3 Å². The molecule has 1 aromatic heterocycles. The molecule has 0 aliphatic carbocycles. The number of fused-ring (bicyclic) bond motifs is 1. The van der Waals surface area contributed by atoms with Crippen LogP contribution in [-0.2, 0) is 6.54 Å². The molecule has 3 rings (SSSR count). The maximum atomic E-state index is 3.69. The third-order valence-corrected chi connectivity index (χ3v) is 5.63. The van der Waals surface area contributed by atoms with Crippen LogP contribution in [0.1, 0.15) is 25.3 Å². The Morgan fingerprint density at radius 2 is 2.00 bits per heavy atom. The summed E-state index contributed by atoms with van der Waals surface area (Å²) in [5.41, 5.74) is 1.92. The zero-order valence-electron chi connectivity index (χ0n) is 12.5. The Hall–Kier alpha value is -0.900. The minimum absolute atomic E-state index is 0.471. The quantitative estimate of drug-likeness (QED) is 0.922. The highest BCUT2D eigenvalue weighted by Crippen LogP contribution is 2.30. The maximum Gasteiger partial charge on any atom is 0.0346 e. The first-order chi connectivity index (χ1) is 9.66. The molecular weight excluding hydrogens is 264 g/mol. The lowest BCUT2D eigenvalue weighted by molar-refractivity contribution is 0.137. The van der Waals surface area contributed by atoms with Crippen LogP contribution < -0.4 is 5.32 Å². The van der Waals surface area contributed by atoms with Gasteiger partial charge in [0.1, 0.15) is 0 Å². The molecule has 2 heterocycles. The predicted octanol–water partition coefficient (Wildman–Crippen LogP) is 3.72. The Labute approximate surface area is 125 Å². The van der Waals surface area contributed by atoms with Crippen molar-refractivity contribution in [1.29, 1.82) is 0 Å². The van der Waals surface area contributed by atoms with E-state index in [0.29, 0.717) is 5.41 Å². The molecule has 0 radical (unpaired) electrons. The minimum atomic E-state index is 0.471. The van der Waals surface area contributed by atoms with Gasteiger partial charge in [-0.25, -0.2) is 0 Å². The summed E-state index contributed by atoms with van der Waals surface area (Å²) in [5.74, 6) is 0. The van der Waals surface area contributed by atoms with Gasteiger partial charge in [0, 0.05) is 17.8 Å². The standard InChI is InChI=1S/C17H24N2S/c1-17(7-9-19(2)10-8-17)13-18-11-14-12-20-16-6-4-3-5-15(14)16/h3-6,12,18H,7-11,13H2,1-2H3. The van der Waals surface area contributed by atoms with E-state index >= 15 is 0 Å². The second kappa shape index (κ2) is 5.84. The molecule has 0 saturated carbocycles. The number of benzene rings is 1. The number of hydrogen-bond acceptors (Lipinski definition) is 3. The zero-order valence-corrected chi connectivity index (χ0v) is 13.3. The Bertz CT molecular complexity index is 567. The predicted molar refractivity (Wildman–Crippen MR) is 88.4 cm³/mol. The SMILES string of the molecule is CN1CCC(C)(CNCc2csc3ccccc23)CC1. The van der Waals surface area contributed by atoms with Crippen molar-refractivity contribution in [2.45, 2.75) is 26.3 Å². The van der Waals surface area contributed by atoms with Crippen LogP contribution in [0.25, 0.3) is 10.1 Å². The lowest BCUT2D eigenvalue weighted by Crippen LogP contribution is -2.41. The highest BCUT2D eigenvalue weighted by molar-refractivity contribution is 7.17. The molecule has 0 unspecified atom stereocenters. The van der Waals surface area contributed by atoms with Gasteiger partial charge < -0.3 is 10.2 Å². The number of nitrogens with zero attached hydrogens (tertiary/aromatic N) is 1. The van der Waals surface area contributed by atoms with Gasteiger partial charge in [-0.1, -0.05) is 25.1 Å². The van der Waals surface area contributed by atoms with E-state index in [1.807, 2.05) is 11.3 Å². The van der Waals surface area contributed by atoms with Gasteiger partial charge in [-0.3, -0.25) is 0 Å². The van der Waals surface area contributed by atoms with Crippen molar-refractivity contribution in [2.75, 3.05) is 26.7 Å². The third kappa shape index (κ3) is 3.05. The largest absolute Gasteiger partial charge is 0.312 e. The van der Waals surface area contributed by atoms with Crippen LogP contribution in [0.4, 0.5) is 0 Å². The van der Waals surface area contributed by atoms with E-state index in [9.17, 15) is 0 Å². The fourth-order valence-corrected chi connectivity index (χ4v) is 3.97. The highest BCUT2D eigenvalue weighted by Gasteiger charge is 2.28. The van der Waals surface area contributed by atoms with Crippen molar-refractivity contribution >= 4 is 21.4 Å². The van der Waals surface area contributed by atoms with Crippen molar-refractivity contribution in [3.05, 3.63) is 35.2 Å². The van der Waals surface area contributed by atoms with Crippen molar-refractivity contribution in [2.24, 2.45) is 5.41 Å². The molecule has 2 aromatic rings. The molecule has 1 aliphatic heterocycles. The molecule has 108 valence electrons. The smallest absolute Gasteiger partial charge is 0.0346 e. The lowest BCUT2D eigenvalue weighted by atomic mass is 9.80. The second-order valence-electron chi connectivity index (χ2n) is 6.47. The van der Waals surface area contributed by atoms with Crippen LogP contribution in [-0.4, -0.2) is 31.6 Å². The van der Waals surface area contributed by atoms with Gasteiger partial charge in [-0.05, 0) is 60.8 Å². The van der Waals surface area contributed by atoms with Crippen LogP contribution in [0.2, 0.25) is 0 Å². The fourth-order valence-electron chi connectivity index (χ4n) is 3.00. The van der Waals surface area contributed by atoms with Gasteiger partial charge in [0.2, 0.25) is 0 Å². The monoisotopic (exact) mass is 288 g/mol. The molecule has 1 fully saturated rings. The summed E-state index contributed by atoms with van der Waals surface area (Å²) in [6.07, 6.45) is 2.61. The Morgan fingerprint density at radius 1 is 1.25 bits per heavy atom. The zero-order chi connectivity index (χ0) is 14.0. The van der Waals surface area contributed by atoms with Gasteiger partial charge in [0.05, 0.1) is 0 Å². The van der Waals surface area contributed by atoms with Gasteiger partial charge in [-0.2, -0.15) is 0 Å². The van der Waals surface area contributed by atoms with Crippen LogP contribution in [0.5, 0.6) is 0 Å². The summed E-state index contributed by atoms with van der Waals surface area (Å²) in [5, 5.41) is 7.41. The number of hydrogen-bond donors (Lipinski definition) is 1. The first-order valence-electron chi connectivity index (χ1n) is 7.51. The molecule has 0 bridgehead atoms. The normalized spacial score (nSPS) is 19.5. The summed E-state index contributed by atoms with van der Waals surface area (Å²) < 4.78 is 1.40. The summed E-state index contributed by atoms with van der Waals surface area (Å²) in [4.78, 5) is 2.44. The van der Waals surface area contributed by atoms with Crippen molar-refractivity contribution in [3.8, 4) is 0 Å². The van der Waals surface area contributed by atoms with E-state index in [1.54, 1.807) is 0 Å². The first-order valence-corrected chi connectivity index (χ1v) is 8.39. The Kier molecular flexibility index (Phi) is 4.11. The third-order valence-electron chi connectivity index (χ3n) is 4.62. The summed E-state index contributed by atoms with van der Waals surface area (Å²) in [6, 6.07) is 8.70. The molecule has 1 aliphatic rings. The summed E-state index contributed by atoms with van der Waals surface area (Å²) >= 11 is 1.85. The number of rotatable bonds is 4. The molecule has 1 N–H and O–H groups in total. The van der Waals surface area contributed by atoms with Crippen molar-refractivity contribution < 1.29 is 0 Å². The van der Waals surface area contributed by atoms with Crippen LogP contribution >= 0.6 is 11.3 Å². The summed E-state index contributed by atoms with van der Waals surface area (Å²) in [7, 11) is 2.23. The number of likely N-dealkylation sites (tertiary alicyclic amines) is 1. The van der Waals surface area contributed by atoms with Gasteiger partial charge in [0.15, 0.2) is 0 Å². The minimum Gasteiger partial charge on any atom is -0.312 e. The van der Waals surface area contributed by atoms with Gasteiger partial charge >= 0.3 is 0 Å². The average Bonchev–Trinajstić information content (AvgIpc) is 2.86. The molecule has 0 amide bonds. The second-order valence-corrected chi connectivity index (χ2v) is 7.39. The van der Waals surface area contributed by atoms with E-state index in [4.69, 9.17) is 0 Å². The molecule has 1 aromatic carbocycles. The Balaban J connectivity index is 1.57. The van der Waals surface area contributed by atoms with Crippen LogP contribution in [0.15, 0.2) is 29.6 Å². The summed E-state index contributed by atoms with van der Waals surface area (Å²) in [6.45, 7) is 7.03. The molecular formula is C17H24N2S.